The summed E-state index contributed by atoms with van der Waals surface area (Å²) in [4.78, 5) is 0. The van der Waals surface area contributed by atoms with Gasteiger partial charge >= 0.3 is 0 Å². The largest absolute Gasteiger partial charge is 0.241 e. The van der Waals surface area contributed by atoms with Crippen molar-refractivity contribution in [3.63, 3.8) is 0 Å². The summed E-state index contributed by atoms with van der Waals surface area (Å²) in [7, 11) is 0. The van der Waals surface area contributed by atoms with Crippen LogP contribution in [0.3, 0.4) is 0 Å². The second-order valence-electron chi connectivity index (χ2n) is 7.66. The Hall–Kier alpha value is -3.65. The molecule has 4 aromatic rings. The first-order chi connectivity index (χ1) is 13.6. The van der Waals surface area contributed by atoms with Gasteiger partial charge in [0.15, 0.2) is 0 Å². The van der Waals surface area contributed by atoms with Gasteiger partial charge in [0.2, 0.25) is 0 Å². The van der Waals surface area contributed by atoms with Crippen molar-refractivity contribution in [3.05, 3.63) is 95.6 Å². The van der Waals surface area contributed by atoms with Crippen molar-refractivity contribution in [2.75, 3.05) is 0 Å². The highest BCUT2D eigenvalue weighted by Crippen LogP contribution is 2.34. The van der Waals surface area contributed by atoms with Gasteiger partial charge < -0.3 is 0 Å². The van der Waals surface area contributed by atoms with E-state index in [1.807, 2.05) is 46.0 Å². The molecule has 1 aliphatic rings. The third kappa shape index (κ3) is 2.46. The van der Waals surface area contributed by atoms with Gasteiger partial charge in [0.25, 0.3) is 0 Å². The first-order valence-corrected chi connectivity index (χ1v) is 9.29. The molecule has 0 atom stereocenters. The third-order valence-electron chi connectivity index (χ3n) is 5.60. The summed E-state index contributed by atoms with van der Waals surface area (Å²) in [5, 5.41) is 19.1. The van der Waals surface area contributed by atoms with Gasteiger partial charge in [-0.15, -0.1) is 0 Å². The van der Waals surface area contributed by atoms with E-state index in [0.717, 1.165) is 11.4 Å². The SMILES string of the molecule is CC1(C)c2cccc(c2)-n2ccc(n2)C(C#N)c2ccn(n2)-c2cccc1c2. The lowest BCUT2D eigenvalue weighted by Gasteiger charge is -2.27. The fraction of sp³-hybridized carbons (Fsp3) is 0.174. The van der Waals surface area contributed by atoms with E-state index >= 15 is 0 Å². The summed E-state index contributed by atoms with van der Waals surface area (Å²) >= 11 is 0. The molecule has 0 radical (unpaired) electrons. The van der Waals surface area contributed by atoms with Crippen LogP contribution in [0.4, 0.5) is 0 Å². The average Bonchev–Trinajstić information content (AvgIpc) is 3.39. The van der Waals surface area contributed by atoms with Crippen LogP contribution in [0.1, 0.15) is 42.3 Å². The van der Waals surface area contributed by atoms with E-state index in [1.54, 1.807) is 0 Å². The Bertz CT molecular complexity index is 1130. The summed E-state index contributed by atoms with van der Waals surface area (Å²) in [5.74, 6) is -0.506. The smallest absolute Gasteiger partial charge is 0.134 e. The Balaban J connectivity index is 1.81. The lowest BCUT2D eigenvalue weighted by Crippen LogP contribution is -2.19. The van der Waals surface area contributed by atoms with E-state index < -0.39 is 5.92 Å². The van der Waals surface area contributed by atoms with Crippen LogP contribution in [-0.2, 0) is 5.41 Å². The maximum Gasteiger partial charge on any atom is 0.134 e. The molecule has 3 heterocycles. The molecule has 5 rings (SSSR count). The Morgan fingerprint density at radius 3 is 1.79 bits per heavy atom. The number of hydrogen-bond acceptors (Lipinski definition) is 3. The van der Waals surface area contributed by atoms with Crippen molar-refractivity contribution >= 4 is 0 Å². The molecule has 5 heteroatoms. The van der Waals surface area contributed by atoms with Gasteiger partial charge in [-0.05, 0) is 47.5 Å². The highest BCUT2D eigenvalue weighted by atomic mass is 15.3. The quantitative estimate of drug-likeness (QED) is 0.465. The minimum absolute atomic E-state index is 0.183. The normalized spacial score (nSPS) is 14.9. The maximum atomic E-state index is 9.77. The molecule has 2 aromatic carbocycles. The zero-order valence-electron chi connectivity index (χ0n) is 15.7. The minimum Gasteiger partial charge on any atom is -0.241 e. The standard InChI is InChI=1S/C23H19N5/c1-23(2)16-5-3-7-18(13-16)27-11-9-21(25-27)20(15-24)22-10-12-28(26-22)19-8-4-6-17(23)14-19/h3-14,20H,1-2H3. The molecule has 0 N–H and O–H groups in total. The predicted molar refractivity (Wildman–Crippen MR) is 107 cm³/mol. The van der Waals surface area contributed by atoms with Crippen LogP contribution in [0.15, 0.2) is 73.1 Å². The number of benzene rings is 2. The summed E-state index contributed by atoms with van der Waals surface area (Å²) < 4.78 is 3.66. The molecule has 0 fully saturated rings. The first kappa shape index (κ1) is 16.5. The fourth-order valence-corrected chi connectivity index (χ4v) is 3.80. The van der Waals surface area contributed by atoms with E-state index in [-0.39, 0.29) is 5.41 Å². The van der Waals surface area contributed by atoms with Gasteiger partial charge in [0, 0.05) is 17.8 Å². The van der Waals surface area contributed by atoms with E-state index in [4.69, 9.17) is 0 Å². The number of rotatable bonds is 0. The van der Waals surface area contributed by atoms with Gasteiger partial charge in [-0.25, -0.2) is 9.36 Å². The summed E-state index contributed by atoms with van der Waals surface area (Å²) in [6, 6.07) is 23.0. The number of nitrogens with zero attached hydrogens (tertiary/aromatic N) is 5. The zero-order valence-corrected chi connectivity index (χ0v) is 15.7. The van der Waals surface area contributed by atoms with E-state index in [2.05, 4.69) is 66.5 Å². The lowest BCUT2D eigenvalue weighted by molar-refractivity contribution is 0.637. The third-order valence-corrected chi connectivity index (χ3v) is 5.60. The molecule has 0 unspecified atom stereocenters. The molecule has 28 heavy (non-hydrogen) atoms. The maximum absolute atomic E-state index is 9.77. The molecular weight excluding hydrogens is 346 g/mol. The highest BCUT2D eigenvalue weighted by molar-refractivity contribution is 5.47. The van der Waals surface area contributed by atoms with Gasteiger partial charge in [0.1, 0.15) is 5.92 Å². The molecule has 1 aliphatic heterocycles. The van der Waals surface area contributed by atoms with Crippen LogP contribution in [0.2, 0.25) is 0 Å². The average molecular weight is 365 g/mol. The lowest BCUT2D eigenvalue weighted by atomic mass is 9.78. The van der Waals surface area contributed by atoms with Crippen LogP contribution in [0, 0.1) is 11.3 Å². The summed E-state index contributed by atoms with van der Waals surface area (Å²) in [5.41, 5.74) is 5.58. The second-order valence-corrected chi connectivity index (χ2v) is 7.66. The topological polar surface area (TPSA) is 59.4 Å². The number of nitriles is 1. The molecule has 0 spiro atoms. The van der Waals surface area contributed by atoms with Crippen molar-refractivity contribution in [3.8, 4) is 17.4 Å². The van der Waals surface area contributed by atoms with Crippen LogP contribution in [-0.4, -0.2) is 19.6 Å². The van der Waals surface area contributed by atoms with Crippen molar-refractivity contribution in [2.24, 2.45) is 0 Å². The highest BCUT2D eigenvalue weighted by Gasteiger charge is 2.25. The van der Waals surface area contributed by atoms with Crippen LogP contribution in [0.5, 0.6) is 0 Å². The van der Waals surface area contributed by atoms with Crippen molar-refractivity contribution in [2.45, 2.75) is 25.2 Å². The van der Waals surface area contributed by atoms with E-state index in [9.17, 15) is 5.26 Å². The Kier molecular flexibility index (Phi) is 3.50. The van der Waals surface area contributed by atoms with E-state index in [1.165, 1.54) is 11.1 Å². The Morgan fingerprint density at radius 2 is 1.32 bits per heavy atom. The molecule has 8 bridgehead atoms. The number of hydrogen-bond donors (Lipinski definition) is 0. The number of aromatic nitrogens is 4. The van der Waals surface area contributed by atoms with Crippen molar-refractivity contribution < 1.29 is 0 Å². The van der Waals surface area contributed by atoms with Crippen LogP contribution >= 0.6 is 0 Å². The molecule has 0 saturated carbocycles. The van der Waals surface area contributed by atoms with Gasteiger partial charge in [-0.1, -0.05) is 38.1 Å². The van der Waals surface area contributed by atoms with Crippen LogP contribution < -0.4 is 0 Å². The zero-order chi connectivity index (χ0) is 19.3. The minimum atomic E-state index is -0.506. The number of fused-ring (bicyclic) bond motifs is 10. The fourth-order valence-electron chi connectivity index (χ4n) is 3.80. The molecule has 2 aromatic heterocycles. The molecular formula is C23H19N5. The first-order valence-electron chi connectivity index (χ1n) is 9.29. The Labute approximate surface area is 163 Å². The Morgan fingerprint density at radius 1 is 0.821 bits per heavy atom. The van der Waals surface area contributed by atoms with Gasteiger partial charge in [-0.2, -0.15) is 15.5 Å². The van der Waals surface area contributed by atoms with Gasteiger partial charge in [0.05, 0.1) is 28.8 Å². The molecule has 0 aliphatic carbocycles. The van der Waals surface area contributed by atoms with Crippen molar-refractivity contribution in [1.82, 2.24) is 19.6 Å². The van der Waals surface area contributed by atoms with Crippen molar-refractivity contribution in [1.29, 1.82) is 5.26 Å². The molecule has 0 saturated heterocycles. The monoisotopic (exact) mass is 365 g/mol. The molecule has 0 amide bonds. The van der Waals surface area contributed by atoms with Crippen LogP contribution in [0.25, 0.3) is 11.4 Å². The summed E-state index contributed by atoms with van der Waals surface area (Å²) in [6.45, 7) is 4.46. The molecule has 5 nitrogen and oxygen atoms in total. The van der Waals surface area contributed by atoms with E-state index in [0.29, 0.717) is 11.4 Å². The second kappa shape index (κ2) is 5.93. The predicted octanol–water partition coefficient (Wildman–Crippen LogP) is 4.35. The van der Waals surface area contributed by atoms with Gasteiger partial charge in [-0.3, -0.25) is 0 Å². The molecule has 136 valence electrons. The summed E-state index contributed by atoms with van der Waals surface area (Å²) in [6.07, 6.45) is 3.81.